The van der Waals surface area contributed by atoms with Gasteiger partial charge in [-0.2, -0.15) is 0 Å². The fraction of sp³-hybridized carbons (Fsp3) is 0.440. The van der Waals surface area contributed by atoms with Gasteiger partial charge in [-0.25, -0.2) is 0 Å². The molecule has 2 fully saturated rings. The number of carbonyl (C=O) groups is 2. The van der Waals surface area contributed by atoms with Gasteiger partial charge in [-0.15, -0.1) is 0 Å². The number of carbonyl (C=O) groups excluding carboxylic acids is 2. The quantitative estimate of drug-likeness (QED) is 0.727. The van der Waals surface area contributed by atoms with E-state index >= 15 is 0 Å². The van der Waals surface area contributed by atoms with Crippen LogP contribution in [0.5, 0.6) is 11.5 Å². The van der Waals surface area contributed by atoms with Gasteiger partial charge in [-0.1, -0.05) is 23.7 Å². The van der Waals surface area contributed by atoms with Crippen molar-refractivity contribution < 1.29 is 19.1 Å². The van der Waals surface area contributed by atoms with Crippen LogP contribution in [-0.2, 0) is 4.79 Å². The molecule has 0 atom stereocenters. The first kappa shape index (κ1) is 22.0. The summed E-state index contributed by atoms with van der Waals surface area (Å²) in [5.74, 6) is 0.774. The SMILES string of the molecule is O=C(CN1CCCN(C(=O)c2ccccc2Cl)CC1)Nc1ccc2c(c1)OC1(CCCC1)O2. The summed E-state index contributed by atoms with van der Waals surface area (Å²) in [7, 11) is 0. The van der Waals surface area contributed by atoms with Gasteiger partial charge in [0.25, 0.3) is 11.7 Å². The fourth-order valence-electron chi connectivity index (χ4n) is 4.83. The highest BCUT2D eigenvalue weighted by Crippen LogP contribution is 2.47. The van der Waals surface area contributed by atoms with Crippen LogP contribution >= 0.6 is 11.6 Å². The summed E-state index contributed by atoms with van der Waals surface area (Å²) in [4.78, 5) is 29.4. The molecule has 1 N–H and O–H groups in total. The maximum absolute atomic E-state index is 12.9. The van der Waals surface area contributed by atoms with Crippen molar-refractivity contribution in [2.45, 2.75) is 37.9 Å². The number of rotatable bonds is 4. The van der Waals surface area contributed by atoms with Crippen LogP contribution in [0, 0.1) is 0 Å². The highest BCUT2D eigenvalue weighted by atomic mass is 35.5. The Kier molecular flexibility index (Phi) is 6.17. The highest BCUT2D eigenvalue weighted by Gasteiger charge is 2.44. The number of anilines is 1. The first-order valence-electron chi connectivity index (χ1n) is 11.6. The number of hydrogen-bond acceptors (Lipinski definition) is 5. The molecule has 2 aromatic rings. The lowest BCUT2D eigenvalue weighted by molar-refractivity contribution is -0.117. The first-order chi connectivity index (χ1) is 16.0. The predicted octanol–water partition coefficient (Wildman–Crippen LogP) is 4.17. The third kappa shape index (κ3) is 4.80. The Morgan fingerprint density at radius 2 is 1.73 bits per heavy atom. The van der Waals surface area contributed by atoms with Gasteiger partial charge in [-0.3, -0.25) is 14.5 Å². The van der Waals surface area contributed by atoms with Crippen molar-refractivity contribution in [1.82, 2.24) is 9.80 Å². The third-order valence-corrected chi connectivity index (χ3v) is 6.86. The molecular weight excluding hydrogens is 442 g/mol. The van der Waals surface area contributed by atoms with E-state index in [1.54, 1.807) is 12.1 Å². The van der Waals surface area contributed by atoms with E-state index in [1.165, 1.54) is 0 Å². The second-order valence-electron chi connectivity index (χ2n) is 8.93. The van der Waals surface area contributed by atoms with Gasteiger partial charge in [0.2, 0.25) is 5.91 Å². The average Bonchev–Trinajstić information content (AvgIpc) is 3.32. The van der Waals surface area contributed by atoms with E-state index in [-0.39, 0.29) is 18.4 Å². The maximum atomic E-state index is 12.9. The van der Waals surface area contributed by atoms with Gasteiger partial charge in [-0.05, 0) is 43.5 Å². The minimum Gasteiger partial charge on any atom is -0.448 e. The number of ether oxygens (including phenoxy) is 2. The summed E-state index contributed by atoms with van der Waals surface area (Å²) in [6.07, 6.45) is 4.81. The molecule has 1 aliphatic carbocycles. The zero-order valence-corrected chi connectivity index (χ0v) is 19.3. The van der Waals surface area contributed by atoms with Crippen molar-refractivity contribution in [3.05, 3.63) is 53.1 Å². The van der Waals surface area contributed by atoms with E-state index < -0.39 is 5.79 Å². The van der Waals surface area contributed by atoms with Crippen LogP contribution in [0.15, 0.2) is 42.5 Å². The summed E-state index contributed by atoms with van der Waals surface area (Å²) in [6.45, 7) is 2.86. The first-order valence-corrected chi connectivity index (χ1v) is 12.0. The molecule has 0 bridgehead atoms. The summed E-state index contributed by atoms with van der Waals surface area (Å²) in [5.41, 5.74) is 1.22. The zero-order chi connectivity index (χ0) is 22.8. The summed E-state index contributed by atoms with van der Waals surface area (Å²) in [6, 6.07) is 12.7. The Morgan fingerprint density at radius 3 is 2.55 bits per heavy atom. The largest absolute Gasteiger partial charge is 0.448 e. The van der Waals surface area contributed by atoms with Gasteiger partial charge in [0.1, 0.15) is 0 Å². The molecule has 2 aliphatic heterocycles. The monoisotopic (exact) mass is 469 g/mol. The van der Waals surface area contributed by atoms with Crippen molar-refractivity contribution in [3.8, 4) is 11.5 Å². The Hall–Kier alpha value is -2.77. The lowest BCUT2D eigenvalue weighted by Crippen LogP contribution is -2.38. The molecule has 174 valence electrons. The minimum atomic E-state index is -0.510. The van der Waals surface area contributed by atoms with Crippen LogP contribution in [-0.4, -0.2) is 60.1 Å². The molecule has 1 spiro atoms. The molecule has 0 aromatic heterocycles. The number of nitrogens with zero attached hydrogens (tertiary/aromatic N) is 2. The van der Waals surface area contributed by atoms with E-state index in [9.17, 15) is 9.59 Å². The molecule has 0 radical (unpaired) electrons. The van der Waals surface area contributed by atoms with E-state index in [0.717, 1.165) is 44.4 Å². The molecule has 33 heavy (non-hydrogen) atoms. The summed E-state index contributed by atoms with van der Waals surface area (Å²) in [5, 5.41) is 3.43. The number of halogens is 1. The zero-order valence-electron chi connectivity index (χ0n) is 18.5. The van der Waals surface area contributed by atoms with Gasteiger partial charge in [0.15, 0.2) is 11.5 Å². The van der Waals surface area contributed by atoms with Crippen LogP contribution in [0.2, 0.25) is 5.02 Å². The second kappa shape index (κ2) is 9.23. The van der Waals surface area contributed by atoms with Gasteiger partial charge < -0.3 is 19.7 Å². The summed E-state index contributed by atoms with van der Waals surface area (Å²) >= 11 is 6.20. The number of nitrogens with one attached hydrogen (secondary N) is 1. The number of amides is 2. The van der Waals surface area contributed by atoms with Gasteiger partial charge >= 0.3 is 0 Å². The lowest BCUT2D eigenvalue weighted by Gasteiger charge is -2.22. The van der Waals surface area contributed by atoms with Crippen molar-refractivity contribution in [1.29, 1.82) is 0 Å². The van der Waals surface area contributed by atoms with Crippen molar-refractivity contribution >= 4 is 29.1 Å². The van der Waals surface area contributed by atoms with Crippen molar-refractivity contribution in [2.75, 3.05) is 38.0 Å². The van der Waals surface area contributed by atoms with Crippen LogP contribution in [0.4, 0.5) is 5.69 Å². The standard InChI is InChI=1S/C25H28ClN3O4/c26-20-7-2-1-6-19(20)24(31)29-13-5-12-28(14-15-29)17-23(30)27-18-8-9-21-22(16-18)33-25(32-21)10-3-4-11-25/h1-2,6-9,16H,3-5,10-15,17H2,(H,27,30). The highest BCUT2D eigenvalue weighted by molar-refractivity contribution is 6.33. The van der Waals surface area contributed by atoms with Gasteiger partial charge in [0, 0.05) is 50.8 Å². The molecule has 7 nitrogen and oxygen atoms in total. The van der Waals surface area contributed by atoms with E-state index in [0.29, 0.717) is 41.7 Å². The van der Waals surface area contributed by atoms with Crippen molar-refractivity contribution in [2.24, 2.45) is 0 Å². The van der Waals surface area contributed by atoms with Crippen LogP contribution < -0.4 is 14.8 Å². The number of fused-ring (bicyclic) bond motifs is 1. The molecule has 0 unspecified atom stereocenters. The molecule has 8 heteroatoms. The van der Waals surface area contributed by atoms with Crippen LogP contribution in [0.25, 0.3) is 0 Å². The molecule has 5 rings (SSSR count). The molecule has 1 saturated heterocycles. The van der Waals surface area contributed by atoms with E-state index in [1.807, 2.05) is 35.2 Å². The summed E-state index contributed by atoms with van der Waals surface area (Å²) < 4.78 is 12.1. The molecule has 2 amide bonds. The molecule has 2 aromatic carbocycles. The topological polar surface area (TPSA) is 71.1 Å². The number of hydrogen-bond donors (Lipinski definition) is 1. The second-order valence-corrected chi connectivity index (χ2v) is 9.34. The minimum absolute atomic E-state index is 0.0627. The van der Waals surface area contributed by atoms with Crippen LogP contribution in [0.1, 0.15) is 42.5 Å². The third-order valence-electron chi connectivity index (χ3n) is 6.53. The molecule has 3 aliphatic rings. The lowest BCUT2D eigenvalue weighted by atomic mass is 10.2. The molecule has 2 heterocycles. The maximum Gasteiger partial charge on any atom is 0.255 e. The Bertz CT molecular complexity index is 1050. The molecule has 1 saturated carbocycles. The Morgan fingerprint density at radius 1 is 0.939 bits per heavy atom. The predicted molar refractivity (Wildman–Crippen MR) is 126 cm³/mol. The normalized spacial score (nSPS) is 19.5. The molecular formula is C25H28ClN3O4. The van der Waals surface area contributed by atoms with E-state index in [4.69, 9.17) is 21.1 Å². The Labute approximate surface area is 198 Å². The van der Waals surface area contributed by atoms with Crippen molar-refractivity contribution in [3.63, 3.8) is 0 Å². The smallest absolute Gasteiger partial charge is 0.255 e. The Balaban J connectivity index is 1.15. The van der Waals surface area contributed by atoms with E-state index in [2.05, 4.69) is 10.2 Å². The average molecular weight is 470 g/mol. The van der Waals surface area contributed by atoms with Gasteiger partial charge in [0.05, 0.1) is 17.1 Å². The number of benzene rings is 2. The fourth-order valence-corrected chi connectivity index (χ4v) is 5.05. The van der Waals surface area contributed by atoms with Crippen LogP contribution in [0.3, 0.4) is 0 Å².